The van der Waals surface area contributed by atoms with E-state index in [4.69, 9.17) is 36.8 Å². The van der Waals surface area contributed by atoms with Crippen molar-refractivity contribution in [3.63, 3.8) is 0 Å². The fraction of sp³-hybridized carbons (Fsp3) is 0.250. The Kier molecular flexibility index (Phi) is 12.0. The van der Waals surface area contributed by atoms with Crippen molar-refractivity contribution in [1.29, 1.82) is 0 Å². The minimum absolute atomic E-state index is 0.00371. The first-order chi connectivity index (χ1) is 21.0. The molecule has 1 amide bonds. The molecule has 0 heterocycles. The van der Waals surface area contributed by atoms with Crippen LogP contribution in [0.15, 0.2) is 59.8 Å². The summed E-state index contributed by atoms with van der Waals surface area (Å²) in [5.74, 6) is -0.828. The number of carbonyl (C=O) groups excluding carboxylic acids is 2. The molecule has 3 aromatic rings. The molecule has 0 radical (unpaired) electrons. The molecule has 44 heavy (non-hydrogen) atoms. The Morgan fingerprint density at radius 3 is 2.36 bits per heavy atom. The van der Waals surface area contributed by atoms with E-state index >= 15 is 0 Å². The van der Waals surface area contributed by atoms with Crippen LogP contribution < -0.4 is 35.3 Å². The molecule has 0 unspecified atom stereocenters. The van der Waals surface area contributed by atoms with Gasteiger partial charge >= 0.3 is 5.97 Å². The molecule has 0 aromatic heterocycles. The molecule has 14 nitrogen and oxygen atoms in total. The highest BCUT2D eigenvalue weighted by Crippen LogP contribution is 2.36. The lowest BCUT2D eigenvalue weighted by Gasteiger charge is -2.19. The number of nitrogens with one attached hydrogen (secondary N) is 4. The molecule has 3 rings (SSSR count). The van der Waals surface area contributed by atoms with Crippen molar-refractivity contribution in [3.8, 4) is 11.5 Å². The van der Waals surface area contributed by atoms with Crippen molar-refractivity contribution >= 4 is 56.6 Å². The molecular weight excluding hydrogens is 616 g/mol. The minimum atomic E-state index is -3.88. The number of esters is 1. The summed E-state index contributed by atoms with van der Waals surface area (Å²) in [4.78, 5) is 25.3. The van der Waals surface area contributed by atoms with Gasteiger partial charge in [0.1, 0.15) is 0 Å². The molecule has 0 spiro atoms. The van der Waals surface area contributed by atoms with Crippen molar-refractivity contribution in [2.75, 3.05) is 42.2 Å². The lowest BCUT2D eigenvalue weighted by Crippen LogP contribution is -2.26. The average Bonchev–Trinajstić information content (AvgIpc) is 3.00. The number of hydrogen-bond acceptors (Lipinski definition) is 10. The minimum Gasteiger partial charge on any atom is -0.490 e. The van der Waals surface area contributed by atoms with Gasteiger partial charge in [0.25, 0.3) is 16.1 Å². The number of rotatable bonds is 15. The zero-order valence-corrected chi connectivity index (χ0v) is 25.7. The average molecular weight is 649 g/mol. The van der Waals surface area contributed by atoms with Crippen LogP contribution >= 0.6 is 11.6 Å². The van der Waals surface area contributed by atoms with Gasteiger partial charge in [-0.2, -0.15) is 8.42 Å². The Balaban J connectivity index is 1.95. The summed E-state index contributed by atoms with van der Waals surface area (Å²) in [6.07, 6.45) is 0. The third-order valence-corrected chi connectivity index (χ3v) is 7.11. The number of amides is 1. The van der Waals surface area contributed by atoms with Gasteiger partial charge in [-0.3, -0.25) is 9.52 Å². The highest BCUT2D eigenvalue weighted by molar-refractivity contribution is 7.90. The Morgan fingerprint density at radius 2 is 1.73 bits per heavy atom. The first-order valence-electron chi connectivity index (χ1n) is 13.2. The van der Waals surface area contributed by atoms with Crippen molar-refractivity contribution in [3.05, 3.63) is 76.3 Å². The van der Waals surface area contributed by atoms with Gasteiger partial charge in [-0.15, -0.1) is 0 Å². The van der Waals surface area contributed by atoms with E-state index in [1.165, 1.54) is 25.2 Å². The Morgan fingerprint density at radius 1 is 1.00 bits per heavy atom. The second-order valence-electron chi connectivity index (χ2n) is 8.86. The second-order valence-corrected chi connectivity index (χ2v) is 10.9. The molecular formula is C28H33ClN6O8S. The van der Waals surface area contributed by atoms with E-state index in [1.54, 1.807) is 50.2 Å². The number of nitrogens with two attached hydrogens (primary N) is 1. The Hall–Kier alpha value is -4.73. The van der Waals surface area contributed by atoms with E-state index in [1.807, 2.05) is 0 Å². The topological polar surface area (TPSA) is 203 Å². The SMILES string of the molecule is CCOC(=O)COc1c(CNc2ccc(Cl)cc2C(=O)Nc2ccc(/C(N)=N/O)cc2)cc(NS(=O)(=O)NC)cc1OCC. The molecule has 0 aliphatic rings. The number of benzene rings is 3. The fourth-order valence-corrected chi connectivity index (χ4v) is 4.55. The van der Waals surface area contributed by atoms with E-state index in [-0.39, 0.29) is 48.3 Å². The number of hydrogen-bond donors (Lipinski definition) is 6. The molecule has 0 fully saturated rings. The summed E-state index contributed by atoms with van der Waals surface area (Å²) in [7, 11) is -2.62. The van der Waals surface area contributed by atoms with Gasteiger partial charge in [0.2, 0.25) is 0 Å². The van der Waals surface area contributed by atoms with Crippen LogP contribution in [0, 0.1) is 0 Å². The number of nitrogens with zero attached hydrogens (tertiary/aromatic N) is 1. The van der Waals surface area contributed by atoms with Crippen LogP contribution in [0.5, 0.6) is 11.5 Å². The Bertz CT molecular complexity index is 1620. The van der Waals surface area contributed by atoms with Gasteiger partial charge in [0.05, 0.1) is 24.5 Å². The zero-order valence-electron chi connectivity index (χ0n) is 24.1. The van der Waals surface area contributed by atoms with Crippen LogP contribution in [0.25, 0.3) is 0 Å². The Labute approximate surface area is 259 Å². The van der Waals surface area contributed by atoms with Crippen LogP contribution in [0.3, 0.4) is 0 Å². The first kappa shape index (κ1) is 33.8. The van der Waals surface area contributed by atoms with E-state index in [0.29, 0.717) is 27.5 Å². The van der Waals surface area contributed by atoms with Gasteiger partial charge in [0, 0.05) is 47.2 Å². The first-order valence-corrected chi connectivity index (χ1v) is 15.1. The van der Waals surface area contributed by atoms with Crippen LogP contribution in [-0.2, 0) is 26.3 Å². The van der Waals surface area contributed by atoms with E-state index in [9.17, 15) is 18.0 Å². The molecule has 0 saturated carbocycles. The van der Waals surface area contributed by atoms with Crippen molar-refractivity contribution < 1.29 is 37.4 Å². The lowest BCUT2D eigenvalue weighted by molar-refractivity contribution is -0.145. The summed E-state index contributed by atoms with van der Waals surface area (Å²) in [6, 6.07) is 13.9. The number of oxime groups is 1. The zero-order chi connectivity index (χ0) is 32.3. The monoisotopic (exact) mass is 648 g/mol. The maximum atomic E-state index is 13.3. The van der Waals surface area contributed by atoms with Gasteiger partial charge in [-0.1, -0.05) is 16.8 Å². The van der Waals surface area contributed by atoms with Crippen LogP contribution in [-0.4, -0.2) is 58.2 Å². The number of ether oxygens (including phenoxy) is 3. The third kappa shape index (κ3) is 9.39. The van der Waals surface area contributed by atoms with Gasteiger partial charge in [-0.25, -0.2) is 9.52 Å². The molecule has 7 N–H and O–H groups in total. The van der Waals surface area contributed by atoms with Crippen molar-refractivity contribution in [1.82, 2.24) is 4.72 Å². The molecule has 0 saturated heterocycles. The lowest BCUT2D eigenvalue weighted by atomic mass is 10.1. The molecule has 0 aliphatic carbocycles. The number of anilines is 3. The highest BCUT2D eigenvalue weighted by Gasteiger charge is 2.20. The summed E-state index contributed by atoms with van der Waals surface area (Å²) in [6.45, 7) is 3.36. The van der Waals surface area contributed by atoms with Gasteiger partial charge in [0.15, 0.2) is 23.9 Å². The number of halogens is 1. The largest absolute Gasteiger partial charge is 0.490 e. The second kappa shape index (κ2) is 15.7. The fourth-order valence-electron chi connectivity index (χ4n) is 3.85. The van der Waals surface area contributed by atoms with Gasteiger partial charge in [-0.05, 0) is 62.4 Å². The number of carbonyl (C=O) groups is 2. The molecule has 16 heteroatoms. The van der Waals surface area contributed by atoms with Crippen LogP contribution in [0.1, 0.15) is 35.3 Å². The highest BCUT2D eigenvalue weighted by atomic mass is 35.5. The molecule has 236 valence electrons. The molecule has 0 bridgehead atoms. The van der Waals surface area contributed by atoms with Crippen molar-refractivity contribution in [2.45, 2.75) is 20.4 Å². The number of amidine groups is 1. The molecule has 0 atom stereocenters. The smallest absolute Gasteiger partial charge is 0.344 e. The molecule has 3 aromatic carbocycles. The molecule has 0 aliphatic heterocycles. The van der Waals surface area contributed by atoms with E-state index < -0.39 is 28.7 Å². The third-order valence-electron chi connectivity index (χ3n) is 5.83. The predicted octanol–water partition coefficient (Wildman–Crippen LogP) is 3.52. The van der Waals surface area contributed by atoms with Crippen LogP contribution in [0.2, 0.25) is 5.02 Å². The quantitative estimate of drug-likeness (QED) is 0.0465. The van der Waals surface area contributed by atoms with E-state index in [2.05, 4.69) is 25.2 Å². The summed E-state index contributed by atoms with van der Waals surface area (Å²) in [5, 5.41) is 18.0. The van der Waals surface area contributed by atoms with E-state index in [0.717, 1.165) is 0 Å². The summed E-state index contributed by atoms with van der Waals surface area (Å²) >= 11 is 6.22. The maximum absolute atomic E-state index is 13.3. The summed E-state index contributed by atoms with van der Waals surface area (Å²) < 4.78 is 45.5. The van der Waals surface area contributed by atoms with Crippen molar-refractivity contribution in [2.24, 2.45) is 10.9 Å². The maximum Gasteiger partial charge on any atom is 0.344 e. The van der Waals surface area contributed by atoms with Gasteiger partial charge < -0.3 is 35.8 Å². The standard InChI is InChI=1S/C28H33ClN6O8S/c1-4-41-24-14-21(35-44(39,40)31-3)12-18(26(24)43-16-25(36)42-5-2)15-32-23-11-8-19(29)13-22(23)28(37)33-20-9-6-17(7-10-20)27(30)34-38/h6-14,31-32,35,38H,4-5,15-16H2,1-3H3,(H2,30,34)(H,33,37). The predicted molar refractivity (Wildman–Crippen MR) is 167 cm³/mol. The van der Waals surface area contributed by atoms with Crippen LogP contribution in [0.4, 0.5) is 17.1 Å². The summed E-state index contributed by atoms with van der Waals surface area (Å²) in [5.41, 5.74) is 7.64. The normalized spacial score (nSPS) is 11.4.